The average molecular weight is 596 g/mol. The standard InChI is InChI=1S/C27H22BrN3O8/c1-13-10-15(8-9-17(13)28)29-22(14-11-19(37-2)24(39-4)20(12-14)38-3)23(27(29)34)30-25(32)16-6-5-7-18(31(35)36)21(16)26(30)33/h5-12,22-23H,1-4H3. The van der Waals surface area contributed by atoms with E-state index >= 15 is 0 Å². The number of anilines is 1. The number of carbonyl (C=O) groups is 3. The Morgan fingerprint density at radius 3 is 2.10 bits per heavy atom. The van der Waals surface area contributed by atoms with Crippen LogP contribution in [0.25, 0.3) is 0 Å². The number of nitro benzene ring substituents is 1. The molecule has 3 aromatic rings. The lowest BCUT2D eigenvalue weighted by molar-refractivity contribution is -0.385. The number of halogens is 1. The smallest absolute Gasteiger partial charge is 0.282 e. The van der Waals surface area contributed by atoms with E-state index in [4.69, 9.17) is 14.2 Å². The molecule has 2 atom stereocenters. The van der Waals surface area contributed by atoms with Gasteiger partial charge in [-0.2, -0.15) is 0 Å². The SMILES string of the molecule is COc1cc(C2C(N3C(=O)c4cccc([N+](=O)[O-])c4C3=O)C(=O)N2c2ccc(Br)c(C)c2)cc(OC)c1OC. The number of hydrogen-bond acceptors (Lipinski definition) is 8. The molecule has 3 amide bonds. The molecule has 0 N–H and O–H groups in total. The topological polar surface area (TPSA) is 129 Å². The molecule has 39 heavy (non-hydrogen) atoms. The summed E-state index contributed by atoms with van der Waals surface area (Å²) in [7, 11) is 4.35. The molecule has 200 valence electrons. The molecule has 0 spiro atoms. The molecule has 5 rings (SSSR count). The van der Waals surface area contributed by atoms with Crippen molar-refractivity contribution in [3.05, 3.63) is 85.4 Å². The molecule has 0 aromatic heterocycles. The fraction of sp³-hybridized carbons (Fsp3) is 0.222. The minimum Gasteiger partial charge on any atom is -0.493 e. The van der Waals surface area contributed by atoms with Crippen LogP contribution in [0.4, 0.5) is 11.4 Å². The van der Waals surface area contributed by atoms with Crippen LogP contribution < -0.4 is 19.1 Å². The van der Waals surface area contributed by atoms with Crippen molar-refractivity contribution in [2.45, 2.75) is 19.0 Å². The van der Waals surface area contributed by atoms with Crippen LogP contribution in [0.2, 0.25) is 0 Å². The summed E-state index contributed by atoms with van der Waals surface area (Å²) in [5.41, 5.74) is 0.957. The quantitative estimate of drug-likeness (QED) is 0.170. The number of imide groups is 1. The average Bonchev–Trinajstić information content (AvgIpc) is 3.17. The number of ether oxygens (including phenoxy) is 3. The largest absolute Gasteiger partial charge is 0.493 e. The second-order valence-electron chi connectivity index (χ2n) is 8.93. The second kappa shape index (κ2) is 9.70. The van der Waals surface area contributed by atoms with Gasteiger partial charge < -0.3 is 19.1 Å². The molecule has 0 bridgehead atoms. The number of β-lactam (4-membered cyclic amide) rings is 1. The number of hydrogen-bond donors (Lipinski definition) is 0. The van der Waals surface area contributed by atoms with Crippen LogP contribution in [0, 0.1) is 17.0 Å². The fourth-order valence-electron chi connectivity index (χ4n) is 5.09. The molecule has 0 aliphatic carbocycles. The predicted octanol–water partition coefficient (Wildman–Crippen LogP) is 4.44. The first-order chi connectivity index (χ1) is 18.6. The van der Waals surface area contributed by atoms with Crippen molar-refractivity contribution < 1.29 is 33.5 Å². The third-order valence-corrected chi connectivity index (χ3v) is 7.80. The van der Waals surface area contributed by atoms with Crippen molar-refractivity contribution in [2.24, 2.45) is 0 Å². The molecule has 2 unspecified atom stereocenters. The van der Waals surface area contributed by atoms with Gasteiger partial charge in [0.15, 0.2) is 11.5 Å². The van der Waals surface area contributed by atoms with Crippen molar-refractivity contribution in [3.63, 3.8) is 0 Å². The van der Waals surface area contributed by atoms with E-state index in [0.29, 0.717) is 28.5 Å². The summed E-state index contributed by atoms with van der Waals surface area (Å²) < 4.78 is 17.3. The van der Waals surface area contributed by atoms with Crippen LogP contribution in [0.15, 0.2) is 53.0 Å². The van der Waals surface area contributed by atoms with Crippen LogP contribution in [0.3, 0.4) is 0 Å². The number of benzene rings is 3. The Morgan fingerprint density at radius 1 is 0.872 bits per heavy atom. The molecule has 12 heteroatoms. The van der Waals surface area contributed by atoms with Gasteiger partial charge in [-0.1, -0.05) is 22.0 Å². The summed E-state index contributed by atoms with van der Waals surface area (Å²) in [4.78, 5) is 54.0. The Morgan fingerprint density at radius 2 is 1.54 bits per heavy atom. The number of nitrogens with zero attached hydrogens (tertiary/aromatic N) is 3. The molecular formula is C27H22BrN3O8. The van der Waals surface area contributed by atoms with E-state index < -0.39 is 40.4 Å². The van der Waals surface area contributed by atoms with Crippen LogP contribution in [-0.2, 0) is 4.79 Å². The van der Waals surface area contributed by atoms with E-state index in [-0.39, 0.29) is 11.1 Å². The minimum absolute atomic E-state index is 0.122. The zero-order valence-electron chi connectivity index (χ0n) is 21.3. The van der Waals surface area contributed by atoms with Gasteiger partial charge in [0.05, 0.1) is 37.9 Å². The summed E-state index contributed by atoms with van der Waals surface area (Å²) >= 11 is 3.46. The van der Waals surface area contributed by atoms with Crippen LogP contribution in [0.5, 0.6) is 17.2 Å². The highest BCUT2D eigenvalue weighted by atomic mass is 79.9. The van der Waals surface area contributed by atoms with Crippen molar-refractivity contribution in [1.82, 2.24) is 4.90 Å². The zero-order chi connectivity index (χ0) is 28.2. The number of fused-ring (bicyclic) bond motifs is 1. The Labute approximate surface area is 231 Å². The Hall–Kier alpha value is -4.45. The highest BCUT2D eigenvalue weighted by molar-refractivity contribution is 9.10. The van der Waals surface area contributed by atoms with Crippen LogP contribution >= 0.6 is 15.9 Å². The lowest BCUT2D eigenvalue weighted by Crippen LogP contribution is -2.67. The lowest BCUT2D eigenvalue weighted by Gasteiger charge is -2.50. The highest BCUT2D eigenvalue weighted by Crippen LogP contribution is 2.49. The first-order valence-electron chi connectivity index (χ1n) is 11.7. The summed E-state index contributed by atoms with van der Waals surface area (Å²) in [5.74, 6) is -1.24. The molecular weight excluding hydrogens is 574 g/mol. The minimum atomic E-state index is -1.27. The van der Waals surface area contributed by atoms with Crippen LogP contribution in [-0.4, -0.2) is 54.9 Å². The Bertz CT molecular complexity index is 1550. The molecule has 11 nitrogen and oxygen atoms in total. The van der Waals surface area contributed by atoms with E-state index in [9.17, 15) is 24.5 Å². The Balaban J connectivity index is 1.67. The Kier molecular flexibility index (Phi) is 6.51. The predicted molar refractivity (Wildman–Crippen MR) is 143 cm³/mol. The number of methoxy groups -OCH3 is 3. The first kappa shape index (κ1) is 26.2. The number of nitro groups is 1. The third-order valence-electron chi connectivity index (χ3n) is 6.92. The van der Waals surface area contributed by atoms with Crippen LogP contribution in [0.1, 0.15) is 37.9 Å². The van der Waals surface area contributed by atoms with Gasteiger partial charge in [0.1, 0.15) is 11.6 Å². The van der Waals surface area contributed by atoms with Gasteiger partial charge >= 0.3 is 0 Å². The van der Waals surface area contributed by atoms with E-state index in [1.54, 1.807) is 30.3 Å². The lowest BCUT2D eigenvalue weighted by atomic mass is 9.85. The molecule has 0 saturated carbocycles. The maximum absolute atomic E-state index is 13.8. The third kappa shape index (κ3) is 3.90. The van der Waals surface area contributed by atoms with Crippen molar-refractivity contribution in [1.29, 1.82) is 0 Å². The summed E-state index contributed by atoms with van der Waals surface area (Å²) in [6.07, 6.45) is 0. The highest BCUT2D eigenvalue weighted by Gasteiger charge is 2.58. The zero-order valence-corrected chi connectivity index (χ0v) is 22.8. The van der Waals surface area contributed by atoms with Gasteiger partial charge in [-0.3, -0.25) is 29.4 Å². The van der Waals surface area contributed by atoms with E-state index in [1.165, 1.54) is 38.4 Å². The van der Waals surface area contributed by atoms with E-state index in [1.807, 2.05) is 6.92 Å². The van der Waals surface area contributed by atoms with Gasteiger partial charge in [-0.05, 0) is 54.4 Å². The molecule has 1 saturated heterocycles. The molecule has 0 radical (unpaired) electrons. The van der Waals surface area contributed by atoms with Gasteiger partial charge in [0.25, 0.3) is 23.4 Å². The molecule has 2 heterocycles. The number of rotatable bonds is 7. The van der Waals surface area contributed by atoms with Crippen molar-refractivity contribution in [3.8, 4) is 17.2 Å². The number of aryl methyl sites for hydroxylation is 1. The summed E-state index contributed by atoms with van der Waals surface area (Å²) in [5, 5.41) is 11.6. The molecule has 2 aliphatic rings. The molecule has 3 aromatic carbocycles. The van der Waals surface area contributed by atoms with Crippen molar-refractivity contribution >= 4 is 45.0 Å². The normalized spacial score (nSPS) is 18.1. The number of carbonyl (C=O) groups excluding carboxylic acids is 3. The van der Waals surface area contributed by atoms with Gasteiger partial charge in [-0.15, -0.1) is 0 Å². The maximum atomic E-state index is 13.8. The maximum Gasteiger partial charge on any atom is 0.282 e. The van der Waals surface area contributed by atoms with Crippen molar-refractivity contribution in [2.75, 3.05) is 26.2 Å². The van der Waals surface area contributed by atoms with Gasteiger partial charge in [0.2, 0.25) is 5.75 Å². The van der Waals surface area contributed by atoms with E-state index in [2.05, 4.69) is 15.9 Å². The fourth-order valence-corrected chi connectivity index (χ4v) is 5.33. The summed E-state index contributed by atoms with van der Waals surface area (Å²) in [6.45, 7) is 1.87. The molecule has 1 fully saturated rings. The number of amides is 3. The first-order valence-corrected chi connectivity index (χ1v) is 12.5. The van der Waals surface area contributed by atoms with E-state index in [0.717, 1.165) is 21.0 Å². The molecule has 2 aliphatic heterocycles. The van der Waals surface area contributed by atoms with Gasteiger partial charge in [0, 0.05) is 16.2 Å². The second-order valence-corrected chi connectivity index (χ2v) is 9.78. The monoisotopic (exact) mass is 595 g/mol. The van der Waals surface area contributed by atoms with Gasteiger partial charge in [-0.25, -0.2) is 0 Å². The summed E-state index contributed by atoms with van der Waals surface area (Å²) in [6, 6.07) is 10.3.